The molecule has 0 radical (unpaired) electrons. The zero-order valence-electron chi connectivity index (χ0n) is 24.3. The number of H-pyrrole nitrogens is 1. The first-order valence-electron chi connectivity index (χ1n) is 14.1. The highest BCUT2D eigenvalue weighted by molar-refractivity contribution is 6.22. The Hall–Kier alpha value is -4.43. The number of rotatable bonds is 12. The number of hydrogen-bond donors (Lipinski definition) is 3. The van der Waals surface area contributed by atoms with Crippen LogP contribution in [0.5, 0.6) is 5.88 Å². The van der Waals surface area contributed by atoms with Crippen LogP contribution in [0.1, 0.15) is 54.6 Å². The zero-order valence-corrected chi connectivity index (χ0v) is 24.3. The van der Waals surface area contributed by atoms with Crippen LogP contribution in [0.15, 0.2) is 77.8 Å². The molecule has 41 heavy (non-hydrogen) atoms. The van der Waals surface area contributed by atoms with Crippen molar-refractivity contribution in [2.45, 2.75) is 33.1 Å². The van der Waals surface area contributed by atoms with E-state index in [0.717, 1.165) is 36.0 Å². The molecule has 0 saturated carbocycles. The number of aliphatic imine (C=N–C) groups is 1. The van der Waals surface area contributed by atoms with E-state index in [0.29, 0.717) is 47.6 Å². The highest BCUT2D eigenvalue weighted by Crippen LogP contribution is 2.32. The van der Waals surface area contributed by atoms with Crippen LogP contribution < -0.4 is 10.2 Å². The van der Waals surface area contributed by atoms with E-state index in [4.69, 9.17) is 4.99 Å². The van der Waals surface area contributed by atoms with E-state index in [1.54, 1.807) is 12.1 Å². The van der Waals surface area contributed by atoms with Crippen LogP contribution in [0, 0.1) is 0 Å². The van der Waals surface area contributed by atoms with E-state index >= 15 is 0 Å². The van der Waals surface area contributed by atoms with Gasteiger partial charge in [-0.1, -0.05) is 50.2 Å². The van der Waals surface area contributed by atoms with E-state index in [1.807, 2.05) is 93.5 Å². The lowest BCUT2D eigenvalue weighted by Gasteiger charge is -2.23. The van der Waals surface area contributed by atoms with E-state index in [1.165, 1.54) is 0 Å². The third-order valence-corrected chi connectivity index (χ3v) is 6.85. The fourth-order valence-electron chi connectivity index (χ4n) is 4.74. The molecule has 0 aliphatic rings. The molecule has 0 aliphatic carbocycles. The monoisotopic (exact) mass is 553 g/mol. The number of amides is 2. The van der Waals surface area contributed by atoms with Gasteiger partial charge in [0.05, 0.1) is 17.0 Å². The van der Waals surface area contributed by atoms with Crippen LogP contribution in [-0.4, -0.2) is 66.2 Å². The number of carbonyl (C=O) groups is 2. The number of fused-ring (bicyclic) bond motifs is 1. The van der Waals surface area contributed by atoms with E-state index in [-0.39, 0.29) is 17.7 Å². The van der Waals surface area contributed by atoms with Crippen LogP contribution in [0.25, 0.3) is 10.9 Å². The molecule has 0 atom stereocenters. The van der Waals surface area contributed by atoms with Crippen molar-refractivity contribution < 1.29 is 14.7 Å². The third-order valence-electron chi connectivity index (χ3n) is 6.85. The fraction of sp³-hybridized carbons (Fsp3) is 0.303. The summed E-state index contributed by atoms with van der Waals surface area (Å²) in [6, 6.07) is 22.7. The first-order valence-corrected chi connectivity index (χ1v) is 14.1. The van der Waals surface area contributed by atoms with Gasteiger partial charge in [0.2, 0.25) is 5.91 Å². The number of anilines is 1. The van der Waals surface area contributed by atoms with Crippen LogP contribution in [0.4, 0.5) is 11.4 Å². The molecule has 4 rings (SSSR count). The first-order chi connectivity index (χ1) is 19.8. The topological polar surface area (TPSA) is 101 Å². The summed E-state index contributed by atoms with van der Waals surface area (Å²) in [5.41, 5.74) is 4.68. The maximum Gasteiger partial charge on any atom is 0.251 e. The number of nitrogens with one attached hydrogen (secondary N) is 2. The van der Waals surface area contributed by atoms with Gasteiger partial charge in [-0.2, -0.15) is 0 Å². The van der Waals surface area contributed by atoms with E-state index in [9.17, 15) is 14.7 Å². The summed E-state index contributed by atoms with van der Waals surface area (Å²) in [6.45, 7) is 6.02. The minimum atomic E-state index is -0.154. The molecule has 3 N–H and O–H groups in total. The molecule has 0 unspecified atom stereocenters. The molecule has 8 nitrogen and oxygen atoms in total. The second-order valence-electron chi connectivity index (χ2n) is 10.3. The lowest BCUT2D eigenvalue weighted by molar-refractivity contribution is -0.118. The van der Waals surface area contributed by atoms with Gasteiger partial charge in [0.25, 0.3) is 5.91 Å². The van der Waals surface area contributed by atoms with E-state index in [2.05, 4.69) is 15.2 Å². The summed E-state index contributed by atoms with van der Waals surface area (Å²) in [5, 5.41) is 14.7. The molecule has 3 aromatic carbocycles. The van der Waals surface area contributed by atoms with Crippen molar-refractivity contribution in [1.29, 1.82) is 0 Å². The molecule has 2 amide bonds. The fourth-order valence-corrected chi connectivity index (χ4v) is 4.74. The average molecular weight is 554 g/mol. The Kier molecular flexibility index (Phi) is 9.92. The average Bonchev–Trinajstić information content (AvgIpc) is 3.31. The molecular weight excluding hydrogens is 514 g/mol. The Morgan fingerprint density at radius 1 is 0.927 bits per heavy atom. The first kappa shape index (κ1) is 29.6. The molecule has 214 valence electrons. The predicted octanol–water partition coefficient (Wildman–Crippen LogP) is 5.88. The lowest BCUT2D eigenvalue weighted by atomic mass is 10.00. The second kappa shape index (κ2) is 13.8. The molecule has 4 aromatic rings. The molecule has 8 heteroatoms. The van der Waals surface area contributed by atoms with Gasteiger partial charge in [0.15, 0.2) is 5.88 Å². The Bertz CT molecular complexity index is 1510. The number of nitrogens with zero attached hydrogens (tertiary/aromatic N) is 3. The Morgan fingerprint density at radius 3 is 2.32 bits per heavy atom. The van der Waals surface area contributed by atoms with Crippen LogP contribution in [-0.2, 0) is 4.79 Å². The van der Waals surface area contributed by atoms with Gasteiger partial charge in [0, 0.05) is 47.2 Å². The number of aromatic hydroxyl groups is 1. The third kappa shape index (κ3) is 7.21. The van der Waals surface area contributed by atoms with Crippen molar-refractivity contribution in [3.63, 3.8) is 0 Å². The number of hydrogen-bond acceptors (Lipinski definition) is 5. The molecule has 0 bridgehead atoms. The quantitative estimate of drug-likeness (QED) is 0.191. The summed E-state index contributed by atoms with van der Waals surface area (Å²) in [5.74, 6) is -0.0962. The number of benzene rings is 3. The predicted molar refractivity (Wildman–Crippen MR) is 167 cm³/mol. The molecule has 0 spiro atoms. The summed E-state index contributed by atoms with van der Waals surface area (Å²) >= 11 is 0. The van der Waals surface area contributed by atoms with Gasteiger partial charge in [-0.3, -0.25) is 9.59 Å². The van der Waals surface area contributed by atoms with Crippen molar-refractivity contribution in [2.75, 3.05) is 38.6 Å². The summed E-state index contributed by atoms with van der Waals surface area (Å²) in [6.07, 6.45) is 2.16. The van der Waals surface area contributed by atoms with Gasteiger partial charge in [-0.15, -0.1) is 0 Å². The van der Waals surface area contributed by atoms with Gasteiger partial charge in [0.1, 0.15) is 0 Å². The smallest absolute Gasteiger partial charge is 0.251 e. The zero-order chi connectivity index (χ0) is 29.4. The van der Waals surface area contributed by atoms with E-state index < -0.39 is 0 Å². The molecule has 0 fully saturated rings. The molecule has 1 heterocycles. The normalized spacial score (nSPS) is 11.7. The van der Waals surface area contributed by atoms with Crippen LogP contribution >= 0.6 is 0 Å². The Morgan fingerprint density at radius 2 is 1.66 bits per heavy atom. The summed E-state index contributed by atoms with van der Waals surface area (Å²) in [4.78, 5) is 37.2. The minimum absolute atomic E-state index is 0.0223. The Labute approximate surface area is 241 Å². The van der Waals surface area contributed by atoms with Crippen LogP contribution in [0.3, 0.4) is 0 Å². The van der Waals surface area contributed by atoms with Crippen molar-refractivity contribution in [3.8, 4) is 5.88 Å². The summed E-state index contributed by atoms with van der Waals surface area (Å²) in [7, 11) is 4.05. The number of carbonyl (C=O) groups excluding carboxylic acids is 2. The highest BCUT2D eigenvalue weighted by Gasteiger charge is 2.20. The Balaban J connectivity index is 1.72. The van der Waals surface area contributed by atoms with Gasteiger partial charge < -0.3 is 25.2 Å². The van der Waals surface area contributed by atoms with Gasteiger partial charge in [-0.25, -0.2) is 4.99 Å². The van der Waals surface area contributed by atoms with Crippen molar-refractivity contribution >= 4 is 39.8 Å². The largest absolute Gasteiger partial charge is 0.494 e. The lowest BCUT2D eigenvalue weighted by Crippen LogP contribution is -2.32. The van der Waals surface area contributed by atoms with Gasteiger partial charge >= 0.3 is 0 Å². The van der Waals surface area contributed by atoms with Crippen LogP contribution in [0.2, 0.25) is 0 Å². The second-order valence-corrected chi connectivity index (χ2v) is 10.3. The van der Waals surface area contributed by atoms with Crippen molar-refractivity contribution in [1.82, 2.24) is 15.2 Å². The number of aromatic amines is 1. The van der Waals surface area contributed by atoms with Crippen molar-refractivity contribution in [3.05, 3.63) is 89.5 Å². The SMILES string of the molecule is CCCNC(=O)c1ccc2c(C(=Nc3ccc(N(CCCN(C)C)C(=O)CC)cc3)c3ccccc3)c(O)[nH]c2c1. The van der Waals surface area contributed by atoms with Gasteiger partial charge in [-0.05, 0) is 69.9 Å². The molecule has 1 aromatic heterocycles. The number of aromatic nitrogens is 1. The molecular formula is C33H39N5O3. The molecule has 0 saturated heterocycles. The highest BCUT2D eigenvalue weighted by atomic mass is 16.3. The maximum absolute atomic E-state index is 12.7. The van der Waals surface area contributed by atoms with Crippen molar-refractivity contribution in [2.24, 2.45) is 4.99 Å². The maximum atomic E-state index is 12.7. The molecule has 0 aliphatic heterocycles. The minimum Gasteiger partial charge on any atom is -0.494 e. The summed E-state index contributed by atoms with van der Waals surface area (Å²) < 4.78 is 0. The standard InChI is InChI=1S/C33H39N5O3/c1-5-19-34-32(40)24-13-18-27-28(22-24)36-33(41)30(27)31(23-11-8-7-9-12-23)35-25-14-16-26(17-15-25)38(29(39)6-2)21-10-20-37(3)4/h7-9,11-18,22,36,41H,5-6,10,19-21H2,1-4H3,(H,34,40).